The average Bonchev–Trinajstić information content (AvgIpc) is 2.69. The van der Waals surface area contributed by atoms with Crippen molar-refractivity contribution in [1.29, 1.82) is 0 Å². The third-order valence-electron chi connectivity index (χ3n) is 13.7. The van der Waals surface area contributed by atoms with Gasteiger partial charge < -0.3 is 5.11 Å². The molecular formula is C30H50O2. The summed E-state index contributed by atoms with van der Waals surface area (Å²) in [5.41, 5.74) is 1.17. The first-order chi connectivity index (χ1) is 14.6. The van der Waals surface area contributed by atoms with Crippen LogP contribution in [0.25, 0.3) is 0 Å². The monoisotopic (exact) mass is 442 g/mol. The van der Waals surface area contributed by atoms with Crippen LogP contribution in [0.1, 0.15) is 120 Å². The SMILES string of the molecule is CC1(C)CC[C@@]2(C)[C@H]3CC[C@H]4[C@@]5(C)CCC(=O)C(C)(C)[C@@H]5CC[C@]4(C)[C@@]3(C)CC[C@H]2[C@H]1O. The second kappa shape index (κ2) is 6.64. The molecular weight excluding hydrogens is 392 g/mol. The van der Waals surface area contributed by atoms with Gasteiger partial charge in [0.2, 0.25) is 0 Å². The standard InChI is InChI=1S/C30H50O2/c1-25(2)17-18-27(5)19(24(25)32)11-15-29(7)21(27)9-10-22-28(6)14-13-23(31)26(3,4)20(28)12-16-30(22,29)8/h19-22,24,32H,9-18H2,1-8H3/t19-,20-,21+,22-,24+,27+,28-,29-,30-/m0/s1. The van der Waals surface area contributed by atoms with Crippen molar-refractivity contribution in [2.75, 3.05) is 0 Å². The van der Waals surface area contributed by atoms with Crippen LogP contribution in [-0.2, 0) is 4.79 Å². The predicted molar refractivity (Wildman–Crippen MR) is 131 cm³/mol. The van der Waals surface area contributed by atoms with E-state index in [0.29, 0.717) is 33.9 Å². The van der Waals surface area contributed by atoms with Crippen LogP contribution in [0.15, 0.2) is 0 Å². The summed E-state index contributed by atoms with van der Waals surface area (Å²) in [6.45, 7) is 19.6. The van der Waals surface area contributed by atoms with E-state index in [1.807, 2.05) is 0 Å². The first-order valence-electron chi connectivity index (χ1n) is 13.9. The molecule has 5 aliphatic carbocycles. The summed E-state index contributed by atoms with van der Waals surface area (Å²) in [7, 11) is 0. The first-order valence-corrected chi connectivity index (χ1v) is 13.9. The number of hydrogen-bond acceptors (Lipinski definition) is 2. The molecule has 5 rings (SSSR count). The molecule has 9 atom stereocenters. The maximum absolute atomic E-state index is 12.9. The van der Waals surface area contributed by atoms with Crippen molar-refractivity contribution in [1.82, 2.24) is 0 Å². The summed E-state index contributed by atoms with van der Waals surface area (Å²) in [5, 5.41) is 11.4. The van der Waals surface area contributed by atoms with Crippen LogP contribution in [0.4, 0.5) is 0 Å². The third-order valence-corrected chi connectivity index (χ3v) is 13.7. The average molecular weight is 443 g/mol. The summed E-state index contributed by atoms with van der Waals surface area (Å²) < 4.78 is 0. The highest BCUT2D eigenvalue weighted by atomic mass is 16.3. The maximum atomic E-state index is 12.9. The molecule has 0 spiro atoms. The fourth-order valence-electron chi connectivity index (χ4n) is 11.5. The van der Waals surface area contributed by atoms with E-state index >= 15 is 0 Å². The molecule has 0 bridgehead atoms. The van der Waals surface area contributed by atoms with Crippen LogP contribution >= 0.6 is 0 Å². The Balaban J connectivity index is 1.53. The summed E-state index contributed by atoms with van der Waals surface area (Å²) in [6.07, 6.45) is 11.8. The van der Waals surface area contributed by atoms with Gasteiger partial charge in [-0.2, -0.15) is 0 Å². The van der Waals surface area contributed by atoms with Gasteiger partial charge in [-0.25, -0.2) is 0 Å². The molecule has 32 heavy (non-hydrogen) atoms. The summed E-state index contributed by atoms with van der Waals surface area (Å²) in [4.78, 5) is 12.9. The van der Waals surface area contributed by atoms with Crippen molar-refractivity contribution in [3.63, 3.8) is 0 Å². The van der Waals surface area contributed by atoms with Gasteiger partial charge in [0.05, 0.1) is 6.10 Å². The molecule has 0 heterocycles. The molecule has 0 saturated heterocycles. The highest BCUT2D eigenvalue weighted by Crippen LogP contribution is 2.77. The fraction of sp³-hybridized carbons (Fsp3) is 0.967. The van der Waals surface area contributed by atoms with E-state index in [1.165, 1.54) is 44.9 Å². The van der Waals surface area contributed by atoms with Crippen LogP contribution in [-0.4, -0.2) is 17.0 Å². The number of aliphatic hydroxyl groups excluding tert-OH is 1. The number of carbonyl (C=O) groups excluding carboxylic acids is 1. The lowest BCUT2D eigenvalue weighted by atomic mass is 9.31. The lowest BCUT2D eigenvalue weighted by molar-refractivity contribution is -0.260. The highest BCUT2D eigenvalue weighted by Gasteiger charge is 2.71. The Morgan fingerprint density at radius 1 is 0.656 bits per heavy atom. The van der Waals surface area contributed by atoms with E-state index in [9.17, 15) is 9.90 Å². The number of fused-ring (bicyclic) bond motifs is 7. The molecule has 0 aliphatic heterocycles. The molecule has 5 fully saturated rings. The molecule has 5 saturated carbocycles. The van der Waals surface area contributed by atoms with E-state index in [0.717, 1.165) is 31.1 Å². The molecule has 2 heteroatoms. The minimum absolute atomic E-state index is 0.0603. The van der Waals surface area contributed by atoms with E-state index in [-0.39, 0.29) is 22.3 Å². The molecule has 0 unspecified atom stereocenters. The molecule has 0 aromatic heterocycles. The zero-order chi connectivity index (χ0) is 23.5. The van der Waals surface area contributed by atoms with Crippen LogP contribution in [0.5, 0.6) is 0 Å². The van der Waals surface area contributed by atoms with Gasteiger partial charge in [-0.05, 0) is 109 Å². The molecule has 0 radical (unpaired) electrons. The molecule has 0 aromatic rings. The summed E-state index contributed by atoms with van der Waals surface area (Å²) in [5.74, 6) is 2.96. The molecule has 2 nitrogen and oxygen atoms in total. The number of hydrogen-bond donors (Lipinski definition) is 1. The smallest absolute Gasteiger partial charge is 0.138 e. The van der Waals surface area contributed by atoms with Crippen LogP contribution in [0, 0.1) is 56.2 Å². The molecule has 5 aliphatic rings. The number of aliphatic hydroxyl groups is 1. The maximum Gasteiger partial charge on any atom is 0.138 e. The van der Waals surface area contributed by atoms with Gasteiger partial charge in [0.1, 0.15) is 5.78 Å². The van der Waals surface area contributed by atoms with Gasteiger partial charge in [-0.1, -0.05) is 55.4 Å². The topological polar surface area (TPSA) is 37.3 Å². The Hall–Kier alpha value is -0.370. The zero-order valence-corrected chi connectivity index (χ0v) is 22.3. The van der Waals surface area contributed by atoms with Gasteiger partial charge in [-0.3, -0.25) is 4.79 Å². The first kappa shape index (κ1) is 23.4. The van der Waals surface area contributed by atoms with Crippen molar-refractivity contribution in [3.8, 4) is 0 Å². The van der Waals surface area contributed by atoms with Crippen molar-refractivity contribution in [2.24, 2.45) is 56.2 Å². The Bertz CT molecular complexity index is 812. The number of Topliss-reactive ketones (excluding diaryl/α,β-unsaturated/α-hetero) is 1. The molecule has 182 valence electrons. The molecule has 1 N–H and O–H groups in total. The Labute approximate surface area is 197 Å². The minimum atomic E-state index is -0.158. The van der Waals surface area contributed by atoms with Gasteiger partial charge in [-0.15, -0.1) is 0 Å². The predicted octanol–water partition coefficient (Wildman–Crippen LogP) is 7.43. The third kappa shape index (κ3) is 2.60. The number of rotatable bonds is 0. The van der Waals surface area contributed by atoms with Gasteiger partial charge in [0.25, 0.3) is 0 Å². The van der Waals surface area contributed by atoms with Gasteiger partial charge in [0.15, 0.2) is 0 Å². The lowest BCUT2D eigenvalue weighted by Gasteiger charge is -2.74. The number of ketones is 1. The Kier molecular flexibility index (Phi) is 4.85. The summed E-state index contributed by atoms with van der Waals surface area (Å²) >= 11 is 0. The minimum Gasteiger partial charge on any atom is -0.392 e. The quantitative estimate of drug-likeness (QED) is 0.423. The van der Waals surface area contributed by atoms with Crippen LogP contribution in [0.3, 0.4) is 0 Å². The fourth-order valence-corrected chi connectivity index (χ4v) is 11.5. The molecule has 0 aromatic carbocycles. The Morgan fingerprint density at radius 3 is 1.84 bits per heavy atom. The van der Waals surface area contributed by atoms with Crippen LogP contribution < -0.4 is 0 Å². The summed E-state index contributed by atoms with van der Waals surface area (Å²) in [6, 6.07) is 0. The second-order valence-corrected chi connectivity index (χ2v) is 15.3. The zero-order valence-electron chi connectivity index (χ0n) is 22.3. The normalized spacial score (nSPS) is 56.4. The second-order valence-electron chi connectivity index (χ2n) is 15.3. The van der Waals surface area contributed by atoms with Crippen molar-refractivity contribution in [3.05, 3.63) is 0 Å². The van der Waals surface area contributed by atoms with Crippen molar-refractivity contribution >= 4 is 5.78 Å². The molecule has 0 amide bonds. The highest BCUT2D eigenvalue weighted by molar-refractivity contribution is 5.85. The lowest BCUT2D eigenvalue weighted by Crippen LogP contribution is -2.68. The number of carbonyl (C=O) groups is 1. The van der Waals surface area contributed by atoms with Gasteiger partial charge >= 0.3 is 0 Å². The van der Waals surface area contributed by atoms with E-state index in [1.54, 1.807) is 0 Å². The Morgan fingerprint density at radius 2 is 1.22 bits per heavy atom. The van der Waals surface area contributed by atoms with E-state index < -0.39 is 0 Å². The van der Waals surface area contributed by atoms with Crippen LogP contribution in [0.2, 0.25) is 0 Å². The van der Waals surface area contributed by atoms with Gasteiger partial charge in [0, 0.05) is 11.8 Å². The van der Waals surface area contributed by atoms with E-state index in [4.69, 9.17) is 0 Å². The largest absolute Gasteiger partial charge is 0.392 e. The van der Waals surface area contributed by atoms with E-state index in [2.05, 4.69) is 55.4 Å². The van der Waals surface area contributed by atoms with Crippen molar-refractivity contribution in [2.45, 2.75) is 126 Å². The van der Waals surface area contributed by atoms with Crippen molar-refractivity contribution < 1.29 is 9.90 Å².